The van der Waals surface area contributed by atoms with Gasteiger partial charge < -0.3 is 5.11 Å². The third-order valence-electron chi connectivity index (χ3n) is 3.93. The summed E-state index contributed by atoms with van der Waals surface area (Å²) in [5.74, 6) is 0.515. The molecule has 1 fully saturated rings. The van der Waals surface area contributed by atoms with E-state index in [2.05, 4.69) is 6.92 Å². The summed E-state index contributed by atoms with van der Waals surface area (Å²) in [6.07, 6.45) is 3.23. The van der Waals surface area contributed by atoms with Crippen molar-refractivity contribution in [3.8, 4) is 0 Å². The van der Waals surface area contributed by atoms with Crippen molar-refractivity contribution >= 4 is 17.4 Å². The fourth-order valence-electron chi connectivity index (χ4n) is 2.50. The molecule has 2 rings (SSSR count). The quantitative estimate of drug-likeness (QED) is 0.911. The van der Waals surface area contributed by atoms with Crippen LogP contribution in [0.4, 0.5) is 0 Å². The van der Waals surface area contributed by atoms with Crippen LogP contribution in [0.25, 0.3) is 0 Å². The Bertz CT molecular complexity index is 434. The molecular formula is C15H19ClO2. The molecule has 0 bridgehead atoms. The molecule has 1 N–H and O–H groups in total. The Morgan fingerprint density at radius 3 is 2.61 bits per heavy atom. The number of hydrogen-bond acceptors (Lipinski definition) is 2. The van der Waals surface area contributed by atoms with Crippen LogP contribution in [0.1, 0.15) is 38.2 Å². The van der Waals surface area contributed by atoms with Crippen LogP contribution < -0.4 is 0 Å². The molecule has 0 atom stereocenters. The van der Waals surface area contributed by atoms with Crippen LogP contribution in [0.15, 0.2) is 24.3 Å². The highest BCUT2D eigenvalue weighted by atomic mass is 35.5. The van der Waals surface area contributed by atoms with Gasteiger partial charge in [-0.3, -0.25) is 4.79 Å². The molecule has 0 radical (unpaired) electrons. The van der Waals surface area contributed by atoms with E-state index in [1.807, 2.05) is 18.2 Å². The second-order valence-electron chi connectivity index (χ2n) is 5.41. The van der Waals surface area contributed by atoms with E-state index in [0.29, 0.717) is 23.8 Å². The van der Waals surface area contributed by atoms with E-state index in [0.717, 1.165) is 18.4 Å². The second-order valence-corrected chi connectivity index (χ2v) is 5.81. The highest BCUT2D eigenvalue weighted by Crippen LogP contribution is 2.33. The fourth-order valence-corrected chi connectivity index (χ4v) is 2.70. The number of carbonyl (C=O) groups excluding carboxylic acids is 1. The number of benzene rings is 1. The molecule has 2 nitrogen and oxygen atoms in total. The molecule has 98 valence electrons. The zero-order chi connectivity index (χ0) is 13.2. The summed E-state index contributed by atoms with van der Waals surface area (Å²) in [6, 6.07) is 7.32. The molecule has 1 aromatic carbocycles. The minimum absolute atomic E-state index is 0.0949. The lowest BCUT2D eigenvalue weighted by atomic mass is 9.76. The van der Waals surface area contributed by atoms with E-state index >= 15 is 0 Å². The summed E-state index contributed by atoms with van der Waals surface area (Å²) in [6.45, 7) is 2.16. The topological polar surface area (TPSA) is 37.3 Å². The van der Waals surface area contributed by atoms with E-state index in [1.54, 1.807) is 6.07 Å². The van der Waals surface area contributed by atoms with Gasteiger partial charge in [-0.2, -0.15) is 0 Å². The predicted molar refractivity (Wildman–Crippen MR) is 72.7 cm³/mol. The van der Waals surface area contributed by atoms with E-state index in [9.17, 15) is 9.90 Å². The predicted octanol–water partition coefficient (Wildman–Crippen LogP) is 3.39. The first-order valence-corrected chi connectivity index (χ1v) is 6.88. The molecule has 3 heteroatoms. The minimum atomic E-state index is -1.13. The Labute approximate surface area is 113 Å². The molecule has 18 heavy (non-hydrogen) atoms. The van der Waals surface area contributed by atoms with Crippen LogP contribution in [0.5, 0.6) is 0 Å². The van der Waals surface area contributed by atoms with Crippen LogP contribution in [0.3, 0.4) is 0 Å². The van der Waals surface area contributed by atoms with E-state index < -0.39 is 5.60 Å². The van der Waals surface area contributed by atoms with Gasteiger partial charge in [-0.15, -0.1) is 0 Å². The highest BCUT2D eigenvalue weighted by Gasteiger charge is 2.38. The van der Waals surface area contributed by atoms with Crippen molar-refractivity contribution in [2.24, 2.45) is 5.92 Å². The first kappa shape index (κ1) is 13.6. The van der Waals surface area contributed by atoms with Gasteiger partial charge in [-0.1, -0.05) is 36.7 Å². The van der Waals surface area contributed by atoms with Crippen molar-refractivity contribution in [2.75, 3.05) is 0 Å². The van der Waals surface area contributed by atoms with Gasteiger partial charge in [0.2, 0.25) is 0 Å². The minimum Gasteiger partial charge on any atom is -0.382 e. The summed E-state index contributed by atoms with van der Waals surface area (Å²) in [5.41, 5.74) is -0.331. The fraction of sp³-hybridized carbons (Fsp3) is 0.533. The molecule has 0 heterocycles. The maximum Gasteiger partial charge on any atom is 0.168 e. The average Bonchev–Trinajstić information content (AvgIpc) is 2.36. The van der Waals surface area contributed by atoms with Crippen molar-refractivity contribution in [3.05, 3.63) is 34.9 Å². The number of hydrogen-bond donors (Lipinski definition) is 1. The molecule has 0 aliphatic heterocycles. The number of aliphatic hydroxyl groups is 1. The maximum atomic E-state index is 12.2. The lowest BCUT2D eigenvalue weighted by Gasteiger charge is -2.33. The summed E-state index contributed by atoms with van der Waals surface area (Å²) >= 11 is 6.04. The Morgan fingerprint density at radius 1 is 1.39 bits per heavy atom. The molecule has 0 saturated heterocycles. The van der Waals surface area contributed by atoms with Gasteiger partial charge in [0.25, 0.3) is 0 Å². The summed E-state index contributed by atoms with van der Waals surface area (Å²) in [4.78, 5) is 12.2. The Hall–Kier alpha value is -0.860. The number of rotatable bonds is 3. The molecule has 1 aliphatic carbocycles. The largest absolute Gasteiger partial charge is 0.382 e. The van der Waals surface area contributed by atoms with Crippen LogP contribution in [-0.2, 0) is 11.2 Å². The molecule has 1 aromatic rings. The van der Waals surface area contributed by atoms with E-state index in [4.69, 9.17) is 11.6 Å². The SMILES string of the molecule is CC1CCC(O)(C(=O)Cc2ccccc2Cl)CC1. The lowest BCUT2D eigenvalue weighted by molar-refractivity contribution is -0.140. The van der Waals surface area contributed by atoms with Crippen LogP contribution >= 0.6 is 11.6 Å². The Morgan fingerprint density at radius 2 is 2.00 bits per heavy atom. The monoisotopic (exact) mass is 266 g/mol. The van der Waals surface area contributed by atoms with E-state index in [-0.39, 0.29) is 12.2 Å². The van der Waals surface area contributed by atoms with Gasteiger partial charge in [0.1, 0.15) is 5.60 Å². The number of ketones is 1. The van der Waals surface area contributed by atoms with Gasteiger partial charge in [-0.05, 0) is 43.2 Å². The molecule has 1 saturated carbocycles. The number of halogens is 1. The van der Waals surface area contributed by atoms with Crippen molar-refractivity contribution in [1.82, 2.24) is 0 Å². The summed E-state index contributed by atoms with van der Waals surface area (Å²) < 4.78 is 0. The van der Waals surface area contributed by atoms with Crippen LogP contribution in [-0.4, -0.2) is 16.5 Å². The normalized spacial score (nSPS) is 28.1. The Kier molecular flexibility index (Phi) is 4.08. The molecule has 0 unspecified atom stereocenters. The number of Topliss-reactive ketones (excluding diaryl/α,β-unsaturated/α-hetero) is 1. The number of carbonyl (C=O) groups is 1. The van der Waals surface area contributed by atoms with Gasteiger partial charge in [0.15, 0.2) is 5.78 Å². The van der Waals surface area contributed by atoms with Gasteiger partial charge in [-0.25, -0.2) is 0 Å². The van der Waals surface area contributed by atoms with Crippen molar-refractivity contribution in [3.63, 3.8) is 0 Å². The smallest absolute Gasteiger partial charge is 0.168 e. The molecular weight excluding hydrogens is 248 g/mol. The third kappa shape index (κ3) is 2.93. The highest BCUT2D eigenvalue weighted by molar-refractivity contribution is 6.31. The van der Waals surface area contributed by atoms with Crippen molar-refractivity contribution in [2.45, 2.75) is 44.6 Å². The molecule has 0 aromatic heterocycles. The summed E-state index contributed by atoms with van der Waals surface area (Å²) in [7, 11) is 0. The van der Waals surface area contributed by atoms with Crippen LogP contribution in [0, 0.1) is 5.92 Å². The summed E-state index contributed by atoms with van der Waals surface area (Å²) in [5, 5.41) is 11.0. The van der Waals surface area contributed by atoms with E-state index in [1.165, 1.54) is 0 Å². The van der Waals surface area contributed by atoms with Crippen LogP contribution in [0.2, 0.25) is 5.02 Å². The first-order chi connectivity index (χ1) is 8.51. The molecule has 0 amide bonds. The lowest BCUT2D eigenvalue weighted by Crippen LogP contribution is -2.42. The van der Waals surface area contributed by atoms with Crippen molar-refractivity contribution in [1.29, 1.82) is 0 Å². The second kappa shape index (κ2) is 5.41. The zero-order valence-corrected chi connectivity index (χ0v) is 11.4. The maximum absolute atomic E-state index is 12.2. The average molecular weight is 267 g/mol. The van der Waals surface area contributed by atoms with Gasteiger partial charge in [0.05, 0.1) is 0 Å². The standard InChI is InChI=1S/C15H19ClO2/c1-11-6-8-15(18,9-7-11)14(17)10-12-4-2-3-5-13(12)16/h2-5,11,18H,6-10H2,1H3. The Balaban J connectivity index is 2.06. The van der Waals surface area contributed by atoms with Gasteiger partial charge in [0, 0.05) is 11.4 Å². The third-order valence-corrected chi connectivity index (χ3v) is 4.30. The van der Waals surface area contributed by atoms with Gasteiger partial charge >= 0.3 is 0 Å². The first-order valence-electron chi connectivity index (χ1n) is 6.50. The molecule has 0 spiro atoms. The zero-order valence-electron chi connectivity index (χ0n) is 10.7. The van der Waals surface area contributed by atoms with Crippen molar-refractivity contribution < 1.29 is 9.90 Å². The molecule has 1 aliphatic rings.